The molecule has 1 atom stereocenters. The number of methoxy groups -OCH3 is 1. The van der Waals surface area contributed by atoms with Crippen LogP contribution in [0.25, 0.3) is 0 Å². The van der Waals surface area contributed by atoms with Crippen LogP contribution in [0.5, 0.6) is 5.75 Å². The summed E-state index contributed by atoms with van der Waals surface area (Å²) in [5.74, 6) is -1.46. The molecule has 0 spiro atoms. The second kappa shape index (κ2) is 13.7. The van der Waals surface area contributed by atoms with Gasteiger partial charge in [0, 0.05) is 12.1 Å². The molecule has 196 valence electrons. The molecule has 0 amide bonds. The van der Waals surface area contributed by atoms with Gasteiger partial charge in [-0.15, -0.1) is 0 Å². The number of ether oxygens (including phenoxy) is 2. The van der Waals surface area contributed by atoms with E-state index in [0.717, 1.165) is 12.8 Å². The van der Waals surface area contributed by atoms with Crippen LogP contribution in [-0.4, -0.2) is 32.0 Å². The summed E-state index contributed by atoms with van der Waals surface area (Å²) < 4.78 is 39.1. The minimum Gasteiger partial charge on any atom is -0.497 e. The molecule has 0 fully saturated rings. The Bertz CT molecular complexity index is 1130. The highest BCUT2D eigenvalue weighted by atomic mass is 19.1. The van der Waals surface area contributed by atoms with E-state index >= 15 is 0 Å². The van der Waals surface area contributed by atoms with Crippen molar-refractivity contribution in [2.75, 3.05) is 20.2 Å². The number of ketones is 1. The topological polar surface area (TPSA) is 64.6 Å². The summed E-state index contributed by atoms with van der Waals surface area (Å²) in [4.78, 5) is 26.1. The molecule has 1 unspecified atom stereocenters. The lowest BCUT2D eigenvalue weighted by atomic mass is 9.87. The Morgan fingerprint density at radius 1 is 0.865 bits per heavy atom. The fourth-order valence-electron chi connectivity index (χ4n) is 4.39. The Hall–Kier alpha value is -3.58. The number of halogens is 2. The summed E-state index contributed by atoms with van der Waals surface area (Å²) in [6.07, 6.45) is 0.487. The molecule has 0 aliphatic carbocycles. The predicted molar refractivity (Wildman–Crippen MR) is 138 cm³/mol. The lowest BCUT2D eigenvalue weighted by Gasteiger charge is -2.27. The average Bonchev–Trinajstić information content (AvgIpc) is 2.91. The van der Waals surface area contributed by atoms with Crippen LogP contribution >= 0.6 is 0 Å². The van der Waals surface area contributed by atoms with Gasteiger partial charge in [-0.1, -0.05) is 51.0 Å². The van der Waals surface area contributed by atoms with Crippen molar-refractivity contribution in [2.24, 2.45) is 11.8 Å². The highest BCUT2D eigenvalue weighted by Gasteiger charge is 2.31. The first-order chi connectivity index (χ1) is 17.9. The third kappa shape index (κ3) is 7.70. The van der Waals surface area contributed by atoms with Gasteiger partial charge in [0.05, 0.1) is 19.6 Å². The number of benzene rings is 3. The molecule has 0 aromatic heterocycles. The predicted octanol–water partition coefficient (Wildman–Crippen LogP) is 6.13. The Kier molecular flexibility index (Phi) is 10.3. The van der Waals surface area contributed by atoms with Crippen LogP contribution in [-0.2, 0) is 9.53 Å². The van der Waals surface area contributed by atoms with Gasteiger partial charge in [0.25, 0.3) is 0 Å². The Morgan fingerprint density at radius 2 is 1.43 bits per heavy atom. The van der Waals surface area contributed by atoms with Gasteiger partial charge in [-0.05, 0) is 65.6 Å². The largest absolute Gasteiger partial charge is 0.497 e. The maximum Gasteiger partial charge on any atom is 0.311 e. The molecular formula is C30H33F2NO4. The third-order valence-corrected chi connectivity index (χ3v) is 6.52. The van der Waals surface area contributed by atoms with E-state index in [1.165, 1.54) is 36.4 Å². The molecule has 7 heteroatoms. The maximum absolute atomic E-state index is 14.0. The van der Waals surface area contributed by atoms with E-state index in [9.17, 15) is 18.4 Å². The second-order valence-corrected chi connectivity index (χ2v) is 8.89. The lowest BCUT2D eigenvalue weighted by Crippen LogP contribution is -2.37. The molecule has 0 heterocycles. The summed E-state index contributed by atoms with van der Waals surface area (Å²) in [6, 6.07) is 18.3. The van der Waals surface area contributed by atoms with Crippen LogP contribution in [0.4, 0.5) is 8.78 Å². The first kappa shape index (κ1) is 28.0. The van der Waals surface area contributed by atoms with Gasteiger partial charge in [-0.3, -0.25) is 9.59 Å². The van der Waals surface area contributed by atoms with E-state index in [0.29, 0.717) is 22.4 Å². The van der Waals surface area contributed by atoms with Gasteiger partial charge in [-0.2, -0.15) is 0 Å². The van der Waals surface area contributed by atoms with Crippen LogP contribution < -0.4 is 10.1 Å². The van der Waals surface area contributed by atoms with Crippen LogP contribution in [0.2, 0.25) is 0 Å². The zero-order valence-corrected chi connectivity index (χ0v) is 21.4. The summed E-state index contributed by atoms with van der Waals surface area (Å²) >= 11 is 0. The van der Waals surface area contributed by atoms with Crippen LogP contribution in [0.15, 0.2) is 72.8 Å². The smallest absolute Gasteiger partial charge is 0.311 e. The van der Waals surface area contributed by atoms with Crippen molar-refractivity contribution in [3.05, 3.63) is 101 Å². The Morgan fingerprint density at radius 3 is 1.92 bits per heavy atom. The molecular weight excluding hydrogens is 476 g/mol. The normalized spacial score (nSPS) is 12.0. The van der Waals surface area contributed by atoms with Crippen molar-refractivity contribution in [2.45, 2.75) is 32.8 Å². The number of rotatable bonds is 13. The van der Waals surface area contributed by atoms with Crippen LogP contribution in [0, 0.1) is 23.5 Å². The van der Waals surface area contributed by atoms with E-state index < -0.39 is 29.6 Å². The molecule has 1 N–H and O–H groups in total. The number of Topliss-reactive ketones (excluding diaryl/α,β-unsaturated/α-hetero) is 1. The van der Waals surface area contributed by atoms with Crippen molar-refractivity contribution in [3.8, 4) is 5.75 Å². The molecule has 37 heavy (non-hydrogen) atoms. The van der Waals surface area contributed by atoms with Crippen LogP contribution in [0.1, 0.15) is 54.3 Å². The van der Waals surface area contributed by atoms with E-state index in [1.54, 1.807) is 43.5 Å². The number of carbonyl (C=O) groups excluding carboxylic acids is 2. The highest BCUT2D eigenvalue weighted by molar-refractivity contribution is 5.97. The number of hydrogen-bond acceptors (Lipinski definition) is 5. The summed E-state index contributed by atoms with van der Waals surface area (Å²) in [5.41, 5.74) is 1.35. The molecule has 3 aromatic rings. The second-order valence-electron chi connectivity index (χ2n) is 8.89. The number of carbonyl (C=O) groups is 2. The van der Waals surface area contributed by atoms with Crippen molar-refractivity contribution < 1.29 is 27.8 Å². The zero-order valence-electron chi connectivity index (χ0n) is 21.4. The summed E-state index contributed by atoms with van der Waals surface area (Å²) in [6.45, 7) is 4.26. The highest BCUT2D eigenvalue weighted by Crippen LogP contribution is 2.30. The van der Waals surface area contributed by atoms with Gasteiger partial charge in [0.15, 0.2) is 11.9 Å². The standard InChI is InChI=1S/C30H33F2NO4/c1-4-20(5-2)27(18-33-19-28(34)21-12-14-26(36-3)15-13-21)30(35)37-29(22-8-6-10-24(31)16-22)23-9-7-11-25(32)17-23/h6-17,20,27,29,33H,4-5,18-19H2,1-3H3. The fraction of sp³-hybridized carbons (Fsp3) is 0.333. The van der Waals surface area contributed by atoms with Crippen LogP contribution in [0.3, 0.4) is 0 Å². The molecule has 0 bridgehead atoms. The zero-order chi connectivity index (χ0) is 26.8. The minimum absolute atomic E-state index is 0.00300. The van der Waals surface area contributed by atoms with E-state index in [2.05, 4.69) is 5.32 Å². The quantitative estimate of drug-likeness (QED) is 0.222. The Balaban J connectivity index is 1.77. The van der Waals surface area contributed by atoms with Crippen molar-refractivity contribution in [1.29, 1.82) is 0 Å². The molecule has 3 aromatic carbocycles. The fourth-order valence-corrected chi connectivity index (χ4v) is 4.39. The van der Waals surface area contributed by atoms with Gasteiger partial charge >= 0.3 is 5.97 Å². The molecule has 0 saturated carbocycles. The van der Waals surface area contributed by atoms with E-state index in [1.807, 2.05) is 13.8 Å². The number of hydrogen-bond donors (Lipinski definition) is 1. The average molecular weight is 510 g/mol. The van der Waals surface area contributed by atoms with Gasteiger partial charge in [-0.25, -0.2) is 8.78 Å². The summed E-state index contributed by atoms with van der Waals surface area (Å²) in [5, 5.41) is 3.11. The summed E-state index contributed by atoms with van der Waals surface area (Å²) in [7, 11) is 1.56. The number of nitrogens with one attached hydrogen (secondary N) is 1. The molecule has 5 nitrogen and oxygen atoms in total. The maximum atomic E-state index is 14.0. The third-order valence-electron chi connectivity index (χ3n) is 6.52. The van der Waals surface area contributed by atoms with Gasteiger partial charge < -0.3 is 14.8 Å². The van der Waals surface area contributed by atoms with E-state index in [-0.39, 0.29) is 24.8 Å². The molecule has 0 aliphatic heterocycles. The SMILES string of the molecule is CCC(CC)C(CNCC(=O)c1ccc(OC)cc1)C(=O)OC(c1cccc(F)c1)c1cccc(F)c1. The van der Waals surface area contributed by atoms with Crippen molar-refractivity contribution in [3.63, 3.8) is 0 Å². The first-order valence-corrected chi connectivity index (χ1v) is 12.5. The first-order valence-electron chi connectivity index (χ1n) is 12.5. The van der Waals surface area contributed by atoms with Gasteiger partial charge in [0.2, 0.25) is 0 Å². The molecule has 0 saturated heterocycles. The van der Waals surface area contributed by atoms with Crippen molar-refractivity contribution in [1.82, 2.24) is 5.32 Å². The molecule has 0 radical (unpaired) electrons. The minimum atomic E-state index is -0.975. The Labute approximate surface area is 216 Å². The molecule has 0 aliphatic rings. The lowest BCUT2D eigenvalue weighted by molar-refractivity contribution is -0.154. The van der Waals surface area contributed by atoms with Gasteiger partial charge in [0.1, 0.15) is 17.4 Å². The van der Waals surface area contributed by atoms with E-state index in [4.69, 9.17) is 9.47 Å². The van der Waals surface area contributed by atoms with Crippen molar-refractivity contribution >= 4 is 11.8 Å². The molecule has 3 rings (SSSR count). The number of esters is 1. The monoisotopic (exact) mass is 509 g/mol.